The molecule has 2 heteroatoms. The van der Waals surface area contributed by atoms with E-state index in [-0.39, 0.29) is 11.7 Å². The number of rotatable bonds is 3. The van der Waals surface area contributed by atoms with Crippen molar-refractivity contribution >= 4 is 16.6 Å². The fraction of sp³-hybridized carbons (Fsp3) is 0.312. The Labute approximate surface area is 107 Å². The van der Waals surface area contributed by atoms with Crippen molar-refractivity contribution in [2.45, 2.75) is 19.3 Å². The minimum absolute atomic E-state index is 0.185. The zero-order chi connectivity index (χ0) is 12.7. The van der Waals surface area contributed by atoms with Crippen LogP contribution in [0, 0.1) is 5.92 Å². The van der Waals surface area contributed by atoms with Gasteiger partial charge >= 0.3 is 0 Å². The topological polar surface area (TPSA) is 26.3 Å². The summed E-state index contributed by atoms with van der Waals surface area (Å²) in [6.45, 7) is 1.68. The largest absolute Gasteiger partial charge is 0.496 e. The third-order valence-electron chi connectivity index (χ3n) is 3.83. The van der Waals surface area contributed by atoms with E-state index in [4.69, 9.17) is 4.74 Å². The lowest BCUT2D eigenvalue weighted by Gasteiger charge is -2.11. The Balaban J connectivity index is 2.16. The second-order valence-corrected chi connectivity index (χ2v) is 4.96. The third-order valence-corrected chi connectivity index (χ3v) is 3.83. The van der Waals surface area contributed by atoms with Crippen LogP contribution in [0.3, 0.4) is 0 Å². The van der Waals surface area contributed by atoms with Crippen molar-refractivity contribution in [1.82, 2.24) is 0 Å². The van der Waals surface area contributed by atoms with Crippen molar-refractivity contribution in [3.8, 4) is 5.75 Å². The van der Waals surface area contributed by atoms with E-state index < -0.39 is 0 Å². The Bertz CT molecular complexity index is 616. The van der Waals surface area contributed by atoms with Crippen molar-refractivity contribution in [2.24, 2.45) is 5.92 Å². The summed E-state index contributed by atoms with van der Waals surface area (Å²) < 4.78 is 5.47. The molecule has 0 heterocycles. The molecule has 2 aromatic carbocycles. The summed E-state index contributed by atoms with van der Waals surface area (Å²) in [5, 5.41) is 2.42. The molecule has 2 atom stereocenters. The van der Waals surface area contributed by atoms with Gasteiger partial charge in [0.1, 0.15) is 11.5 Å². The van der Waals surface area contributed by atoms with Crippen LogP contribution in [-0.4, -0.2) is 12.9 Å². The Hall–Kier alpha value is -1.83. The molecule has 0 radical (unpaired) electrons. The van der Waals surface area contributed by atoms with Gasteiger partial charge in [-0.3, -0.25) is 4.79 Å². The SMILES string of the molecule is COc1ccc2ccccc2c1[C@@H]1C[C@H]1C(C)=O. The first-order valence-electron chi connectivity index (χ1n) is 6.28. The summed E-state index contributed by atoms with van der Waals surface area (Å²) in [5.74, 6) is 1.71. The van der Waals surface area contributed by atoms with Gasteiger partial charge in [0.25, 0.3) is 0 Å². The molecule has 18 heavy (non-hydrogen) atoms. The number of benzene rings is 2. The second-order valence-electron chi connectivity index (χ2n) is 4.96. The summed E-state index contributed by atoms with van der Waals surface area (Å²) in [6.07, 6.45) is 0.958. The van der Waals surface area contributed by atoms with Gasteiger partial charge in [-0.05, 0) is 36.1 Å². The zero-order valence-corrected chi connectivity index (χ0v) is 10.6. The molecule has 1 saturated carbocycles. The van der Waals surface area contributed by atoms with Crippen molar-refractivity contribution in [3.05, 3.63) is 42.0 Å². The standard InChI is InChI=1S/C16H16O2/c1-10(17)13-9-14(13)16-12-6-4-3-5-11(12)7-8-15(16)18-2/h3-8,13-14H,9H2,1-2H3/t13-,14+/m0/s1. The quantitative estimate of drug-likeness (QED) is 0.820. The minimum Gasteiger partial charge on any atom is -0.496 e. The Morgan fingerprint density at radius 1 is 1.22 bits per heavy atom. The molecule has 0 N–H and O–H groups in total. The second kappa shape index (κ2) is 4.13. The lowest BCUT2D eigenvalue weighted by Crippen LogP contribution is -1.98. The molecule has 1 fully saturated rings. The lowest BCUT2D eigenvalue weighted by molar-refractivity contribution is -0.118. The fourth-order valence-corrected chi connectivity index (χ4v) is 2.80. The summed E-state index contributed by atoms with van der Waals surface area (Å²) in [4.78, 5) is 11.5. The molecule has 1 aliphatic rings. The summed E-state index contributed by atoms with van der Waals surface area (Å²) in [5.41, 5.74) is 1.20. The van der Waals surface area contributed by atoms with Crippen LogP contribution in [0.4, 0.5) is 0 Å². The van der Waals surface area contributed by atoms with E-state index in [1.807, 2.05) is 18.2 Å². The number of ether oxygens (including phenoxy) is 1. The first-order chi connectivity index (χ1) is 8.72. The molecule has 0 bridgehead atoms. The first-order valence-corrected chi connectivity index (χ1v) is 6.28. The molecule has 0 aromatic heterocycles. The molecular weight excluding hydrogens is 224 g/mol. The highest BCUT2D eigenvalue weighted by molar-refractivity contribution is 5.91. The maximum atomic E-state index is 11.5. The molecule has 2 nitrogen and oxygen atoms in total. The van der Waals surface area contributed by atoms with Crippen molar-refractivity contribution < 1.29 is 9.53 Å². The van der Waals surface area contributed by atoms with E-state index in [1.54, 1.807) is 14.0 Å². The number of methoxy groups -OCH3 is 1. The Kier molecular flexibility index (Phi) is 2.58. The highest BCUT2D eigenvalue weighted by Crippen LogP contribution is 2.52. The maximum absolute atomic E-state index is 11.5. The van der Waals surface area contributed by atoms with Gasteiger partial charge in [0.15, 0.2) is 0 Å². The van der Waals surface area contributed by atoms with Gasteiger partial charge in [-0.15, -0.1) is 0 Å². The van der Waals surface area contributed by atoms with Gasteiger partial charge in [0, 0.05) is 11.5 Å². The van der Waals surface area contributed by atoms with E-state index in [9.17, 15) is 4.79 Å². The highest BCUT2D eigenvalue weighted by Gasteiger charge is 2.43. The number of fused-ring (bicyclic) bond motifs is 1. The fourth-order valence-electron chi connectivity index (χ4n) is 2.80. The molecule has 0 spiro atoms. The van der Waals surface area contributed by atoms with E-state index in [1.165, 1.54) is 16.3 Å². The van der Waals surface area contributed by atoms with Crippen LogP contribution in [0.25, 0.3) is 10.8 Å². The predicted molar refractivity (Wildman–Crippen MR) is 72.0 cm³/mol. The van der Waals surface area contributed by atoms with E-state index >= 15 is 0 Å². The van der Waals surface area contributed by atoms with E-state index in [0.29, 0.717) is 5.92 Å². The molecule has 0 amide bonds. The van der Waals surface area contributed by atoms with Crippen molar-refractivity contribution in [1.29, 1.82) is 0 Å². The van der Waals surface area contributed by atoms with Gasteiger partial charge in [0.05, 0.1) is 7.11 Å². The highest BCUT2D eigenvalue weighted by atomic mass is 16.5. The molecule has 0 aliphatic heterocycles. The van der Waals surface area contributed by atoms with Crippen LogP contribution in [0.1, 0.15) is 24.8 Å². The lowest BCUT2D eigenvalue weighted by atomic mass is 9.98. The molecule has 0 saturated heterocycles. The first kappa shape index (κ1) is 11.3. The summed E-state index contributed by atoms with van der Waals surface area (Å²) in [6, 6.07) is 12.4. The van der Waals surface area contributed by atoms with Gasteiger partial charge in [-0.25, -0.2) is 0 Å². The number of carbonyl (C=O) groups is 1. The zero-order valence-electron chi connectivity index (χ0n) is 10.6. The van der Waals surface area contributed by atoms with E-state index in [0.717, 1.165) is 12.2 Å². The normalized spacial score (nSPS) is 21.9. The Morgan fingerprint density at radius 2 is 2.00 bits per heavy atom. The van der Waals surface area contributed by atoms with Gasteiger partial charge in [0.2, 0.25) is 0 Å². The number of hydrogen-bond donors (Lipinski definition) is 0. The van der Waals surface area contributed by atoms with Crippen molar-refractivity contribution in [2.75, 3.05) is 7.11 Å². The average Bonchev–Trinajstić information content (AvgIpc) is 3.17. The Morgan fingerprint density at radius 3 is 2.67 bits per heavy atom. The summed E-state index contributed by atoms with van der Waals surface area (Å²) in [7, 11) is 1.69. The monoisotopic (exact) mass is 240 g/mol. The maximum Gasteiger partial charge on any atom is 0.133 e. The molecule has 1 aliphatic carbocycles. The molecule has 0 unspecified atom stereocenters. The van der Waals surface area contributed by atoms with Crippen molar-refractivity contribution in [3.63, 3.8) is 0 Å². The minimum atomic E-state index is 0.185. The molecule has 92 valence electrons. The smallest absolute Gasteiger partial charge is 0.133 e. The third kappa shape index (κ3) is 1.69. The van der Waals surface area contributed by atoms with Crippen LogP contribution in [0.5, 0.6) is 5.75 Å². The number of carbonyl (C=O) groups excluding carboxylic acids is 1. The number of Topliss-reactive ketones (excluding diaryl/α,β-unsaturated/α-hetero) is 1. The predicted octanol–water partition coefficient (Wildman–Crippen LogP) is 3.54. The van der Waals surface area contributed by atoms with Gasteiger partial charge in [-0.2, -0.15) is 0 Å². The molecule has 2 aromatic rings. The number of hydrogen-bond acceptors (Lipinski definition) is 2. The van der Waals surface area contributed by atoms with Crippen LogP contribution in [-0.2, 0) is 4.79 Å². The van der Waals surface area contributed by atoms with Crippen LogP contribution in [0.2, 0.25) is 0 Å². The summed E-state index contributed by atoms with van der Waals surface area (Å²) >= 11 is 0. The van der Waals surface area contributed by atoms with Crippen LogP contribution >= 0.6 is 0 Å². The van der Waals surface area contributed by atoms with Gasteiger partial charge < -0.3 is 4.74 Å². The van der Waals surface area contributed by atoms with Crippen LogP contribution < -0.4 is 4.74 Å². The molecular formula is C16H16O2. The van der Waals surface area contributed by atoms with E-state index in [2.05, 4.69) is 18.2 Å². The number of ketones is 1. The molecule has 3 rings (SSSR count). The van der Waals surface area contributed by atoms with Gasteiger partial charge in [-0.1, -0.05) is 30.3 Å². The van der Waals surface area contributed by atoms with Crippen LogP contribution in [0.15, 0.2) is 36.4 Å². The average molecular weight is 240 g/mol.